The molecular formula is C11H13N3O3. The van der Waals surface area contributed by atoms with E-state index < -0.39 is 0 Å². The van der Waals surface area contributed by atoms with Crippen molar-refractivity contribution in [3.05, 3.63) is 29.7 Å². The van der Waals surface area contributed by atoms with Crippen molar-refractivity contribution in [1.82, 2.24) is 14.6 Å². The maximum atomic E-state index is 11.3. The van der Waals surface area contributed by atoms with E-state index in [2.05, 4.69) is 14.9 Å². The van der Waals surface area contributed by atoms with Gasteiger partial charge >= 0.3 is 5.97 Å². The number of fused-ring (bicyclic) bond motifs is 1. The van der Waals surface area contributed by atoms with Crippen LogP contribution in [0.5, 0.6) is 0 Å². The second-order valence-electron chi connectivity index (χ2n) is 3.49. The molecule has 2 rings (SSSR count). The van der Waals surface area contributed by atoms with Gasteiger partial charge in [0.15, 0.2) is 5.65 Å². The van der Waals surface area contributed by atoms with Gasteiger partial charge in [0, 0.05) is 19.7 Å². The first-order chi connectivity index (χ1) is 8.26. The van der Waals surface area contributed by atoms with Crippen molar-refractivity contribution in [2.45, 2.75) is 6.42 Å². The summed E-state index contributed by atoms with van der Waals surface area (Å²) < 4.78 is 11.5. The molecule has 0 amide bonds. The van der Waals surface area contributed by atoms with E-state index in [1.807, 2.05) is 4.40 Å². The summed E-state index contributed by atoms with van der Waals surface area (Å²) in [7, 11) is 2.99. The predicted molar refractivity (Wildman–Crippen MR) is 59.9 cm³/mol. The largest absolute Gasteiger partial charge is 0.465 e. The van der Waals surface area contributed by atoms with Gasteiger partial charge in [-0.3, -0.25) is 4.40 Å². The molecule has 90 valence electrons. The van der Waals surface area contributed by atoms with Crippen molar-refractivity contribution in [3.8, 4) is 0 Å². The molecule has 0 bridgehead atoms. The smallest absolute Gasteiger partial charge is 0.338 e. The van der Waals surface area contributed by atoms with Gasteiger partial charge in [0.1, 0.15) is 5.82 Å². The number of aromatic nitrogens is 3. The van der Waals surface area contributed by atoms with E-state index in [1.165, 1.54) is 7.11 Å². The second-order valence-corrected chi connectivity index (χ2v) is 3.49. The van der Waals surface area contributed by atoms with Crippen molar-refractivity contribution in [3.63, 3.8) is 0 Å². The quantitative estimate of drug-likeness (QED) is 0.730. The molecule has 6 heteroatoms. The fraction of sp³-hybridized carbons (Fsp3) is 0.364. The van der Waals surface area contributed by atoms with Gasteiger partial charge in [0.05, 0.1) is 19.3 Å². The summed E-state index contributed by atoms with van der Waals surface area (Å²) in [5.74, 6) is 0.423. The van der Waals surface area contributed by atoms with Crippen LogP contribution in [0.15, 0.2) is 18.3 Å². The first-order valence-corrected chi connectivity index (χ1v) is 5.17. The Morgan fingerprint density at radius 2 is 2.24 bits per heavy atom. The number of rotatable bonds is 4. The number of methoxy groups -OCH3 is 2. The van der Waals surface area contributed by atoms with Crippen LogP contribution in [0.1, 0.15) is 16.2 Å². The fourth-order valence-corrected chi connectivity index (χ4v) is 1.55. The SMILES string of the molecule is COCCc1nnc2cc(C(=O)OC)ccn12. The van der Waals surface area contributed by atoms with Gasteiger partial charge in [0.2, 0.25) is 0 Å². The van der Waals surface area contributed by atoms with Crippen molar-refractivity contribution in [1.29, 1.82) is 0 Å². The van der Waals surface area contributed by atoms with E-state index in [9.17, 15) is 4.79 Å². The average Bonchev–Trinajstić information content (AvgIpc) is 2.77. The second kappa shape index (κ2) is 4.92. The van der Waals surface area contributed by atoms with Crippen molar-refractivity contribution in [2.24, 2.45) is 0 Å². The standard InChI is InChI=1S/C11H13N3O3/c1-16-6-4-9-12-13-10-7-8(11(15)17-2)3-5-14(9)10/h3,5,7H,4,6H2,1-2H3. The number of nitrogens with zero attached hydrogens (tertiary/aromatic N) is 3. The summed E-state index contributed by atoms with van der Waals surface area (Å²) in [6, 6.07) is 3.33. The van der Waals surface area contributed by atoms with Crippen LogP contribution >= 0.6 is 0 Å². The van der Waals surface area contributed by atoms with Crippen molar-refractivity contribution < 1.29 is 14.3 Å². The molecule has 6 nitrogen and oxygen atoms in total. The predicted octanol–water partition coefficient (Wildman–Crippen LogP) is 0.705. The minimum atomic E-state index is -0.381. The zero-order valence-electron chi connectivity index (χ0n) is 9.71. The van der Waals surface area contributed by atoms with E-state index in [0.29, 0.717) is 24.2 Å². The number of carbonyl (C=O) groups is 1. The summed E-state index contributed by atoms with van der Waals surface area (Å²) in [6.07, 6.45) is 2.43. The summed E-state index contributed by atoms with van der Waals surface area (Å²) in [5.41, 5.74) is 1.09. The number of hydrogen-bond donors (Lipinski definition) is 0. The number of ether oxygens (including phenoxy) is 2. The third kappa shape index (κ3) is 2.26. The monoisotopic (exact) mass is 235 g/mol. The van der Waals surface area contributed by atoms with E-state index in [1.54, 1.807) is 25.4 Å². The third-order valence-corrected chi connectivity index (χ3v) is 2.43. The highest BCUT2D eigenvalue weighted by Gasteiger charge is 2.09. The lowest BCUT2D eigenvalue weighted by molar-refractivity contribution is 0.0600. The maximum Gasteiger partial charge on any atom is 0.338 e. The van der Waals surface area contributed by atoms with Crippen LogP contribution in [0.3, 0.4) is 0 Å². The first-order valence-electron chi connectivity index (χ1n) is 5.17. The zero-order chi connectivity index (χ0) is 12.3. The van der Waals surface area contributed by atoms with E-state index >= 15 is 0 Å². The van der Waals surface area contributed by atoms with Crippen LogP contribution in [0.2, 0.25) is 0 Å². The summed E-state index contributed by atoms with van der Waals surface area (Å²) in [6.45, 7) is 0.583. The van der Waals surface area contributed by atoms with E-state index in [0.717, 1.165) is 5.82 Å². The van der Waals surface area contributed by atoms with Gasteiger partial charge in [-0.2, -0.15) is 0 Å². The fourth-order valence-electron chi connectivity index (χ4n) is 1.55. The molecular weight excluding hydrogens is 222 g/mol. The molecule has 0 aliphatic heterocycles. The molecule has 0 N–H and O–H groups in total. The lowest BCUT2D eigenvalue weighted by atomic mass is 10.2. The van der Waals surface area contributed by atoms with Gasteiger partial charge in [0.25, 0.3) is 0 Å². The summed E-state index contributed by atoms with van der Waals surface area (Å²) in [5, 5.41) is 8.04. The molecule has 0 radical (unpaired) electrons. The maximum absolute atomic E-state index is 11.3. The average molecular weight is 235 g/mol. The number of hydrogen-bond acceptors (Lipinski definition) is 5. The lowest BCUT2D eigenvalue weighted by Crippen LogP contribution is -2.03. The van der Waals surface area contributed by atoms with E-state index in [-0.39, 0.29) is 5.97 Å². The van der Waals surface area contributed by atoms with Crippen LogP contribution in [0.25, 0.3) is 5.65 Å². The Hall–Kier alpha value is -1.95. The highest BCUT2D eigenvalue weighted by atomic mass is 16.5. The van der Waals surface area contributed by atoms with Crippen LogP contribution in [-0.4, -0.2) is 41.4 Å². The van der Waals surface area contributed by atoms with Crippen LogP contribution in [0, 0.1) is 0 Å². The van der Waals surface area contributed by atoms with Crippen LogP contribution in [-0.2, 0) is 15.9 Å². The van der Waals surface area contributed by atoms with Gasteiger partial charge in [-0.25, -0.2) is 4.79 Å². The minimum absolute atomic E-state index is 0.381. The van der Waals surface area contributed by atoms with Crippen LogP contribution < -0.4 is 0 Å². The summed E-state index contributed by atoms with van der Waals surface area (Å²) >= 11 is 0. The first kappa shape index (κ1) is 11.5. The molecule has 0 aliphatic carbocycles. The molecule has 17 heavy (non-hydrogen) atoms. The Balaban J connectivity index is 2.34. The Kier molecular flexibility index (Phi) is 3.34. The van der Waals surface area contributed by atoms with Gasteiger partial charge in [-0.15, -0.1) is 10.2 Å². The number of esters is 1. The number of pyridine rings is 1. The van der Waals surface area contributed by atoms with Crippen molar-refractivity contribution >= 4 is 11.6 Å². The molecule has 0 unspecified atom stereocenters. The molecule has 0 aliphatic rings. The van der Waals surface area contributed by atoms with Crippen LogP contribution in [0.4, 0.5) is 0 Å². The molecule has 0 atom stereocenters. The summed E-state index contributed by atoms with van der Waals surface area (Å²) in [4.78, 5) is 11.3. The Bertz CT molecular complexity index is 536. The third-order valence-electron chi connectivity index (χ3n) is 2.43. The minimum Gasteiger partial charge on any atom is -0.465 e. The van der Waals surface area contributed by atoms with Gasteiger partial charge in [-0.05, 0) is 12.1 Å². The Labute approximate surface area is 98.2 Å². The van der Waals surface area contributed by atoms with Crippen molar-refractivity contribution in [2.75, 3.05) is 20.8 Å². The highest BCUT2D eigenvalue weighted by Crippen LogP contribution is 2.09. The molecule has 2 aromatic rings. The molecule has 0 aromatic carbocycles. The normalized spacial score (nSPS) is 10.7. The topological polar surface area (TPSA) is 65.7 Å². The molecule has 2 heterocycles. The highest BCUT2D eigenvalue weighted by molar-refractivity contribution is 5.90. The molecule has 0 fully saturated rings. The number of carbonyl (C=O) groups excluding carboxylic acids is 1. The molecule has 0 saturated heterocycles. The molecule has 0 saturated carbocycles. The molecule has 0 spiro atoms. The molecule has 2 aromatic heterocycles. The zero-order valence-corrected chi connectivity index (χ0v) is 9.71. The van der Waals surface area contributed by atoms with E-state index in [4.69, 9.17) is 4.74 Å². The Morgan fingerprint density at radius 1 is 1.41 bits per heavy atom. The van der Waals surface area contributed by atoms with Gasteiger partial charge < -0.3 is 9.47 Å². The van der Waals surface area contributed by atoms with Gasteiger partial charge in [-0.1, -0.05) is 0 Å². The lowest BCUT2D eigenvalue weighted by Gasteiger charge is -2.01. The Morgan fingerprint density at radius 3 is 2.94 bits per heavy atom.